The van der Waals surface area contributed by atoms with Crippen LogP contribution >= 0.6 is 0 Å². The number of likely N-dealkylation sites (tertiary alicyclic amines) is 1. The van der Waals surface area contributed by atoms with Gasteiger partial charge in [-0.25, -0.2) is 4.79 Å². The standard InChI is InChI=1S/C32H32N2O4/c35-31(38-36)34-21-18-25(19-22-34)26-16-17-30(33-24-26)20-23-37-32(27-10-4-1-5-11-27,28-12-6-2-7-13-28)29-14-8-3-9-15-29/h1-17,24-25,36H,18-23H2. The number of piperidine rings is 1. The summed E-state index contributed by atoms with van der Waals surface area (Å²) in [6.45, 7) is 1.60. The minimum atomic E-state index is -0.743. The average molecular weight is 509 g/mol. The Morgan fingerprint density at radius 1 is 0.816 bits per heavy atom. The van der Waals surface area contributed by atoms with Crippen LogP contribution in [0.4, 0.5) is 4.79 Å². The van der Waals surface area contributed by atoms with Crippen molar-refractivity contribution in [3.05, 3.63) is 137 Å². The molecule has 38 heavy (non-hydrogen) atoms. The first-order valence-corrected chi connectivity index (χ1v) is 13.1. The summed E-state index contributed by atoms with van der Waals surface area (Å²) in [5, 5.41) is 8.60. The highest BCUT2D eigenvalue weighted by atomic mass is 17.1. The minimum absolute atomic E-state index is 0.331. The summed E-state index contributed by atoms with van der Waals surface area (Å²) in [5.74, 6) is 0.331. The molecule has 0 unspecified atom stereocenters. The van der Waals surface area contributed by atoms with E-state index in [0.29, 0.717) is 32.0 Å². The summed E-state index contributed by atoms with van der Waals surface area (Å²) in [6, 6.07) is 35.3. The molecule has 6 heteroatoms. The molecule has 0 spiro atoms. The van der Waals surface area contributed by atoms with Gasteiger partial charge in [0.1, 0.15) is 5.60 Å². The monoisotopic (exact) mass is 508 g/mol. The molecule has 1 N–H and O–H groups in total. The van der Waals surface area contributed by atoms with E-state index in [1.807, 2.05) is 24.4 Å². The van der Waals surface area contributed by atoms with Gasteiger partial charge in [-0.2, -0.15) is 5.26 Å². The van der Waals surface area contributed by atoms with Gasteiger partial charge < -0.3 is 9.64 Å². The fourth-order valence-corrected chi connectivity index (χ4v) is 5.36. The minimum Gasteiger partial charge on any atom is -0.360 e. The summed E-state index contributed by atoms with van der Waals surface area (Å²) in [7, 11) is 0. The average Bonchev–Trinajstić information content (AvgIpc) is 3.01. The lowest BCUT2D eigenvalue weighted by Gasteiger charge is -2.36. The van der Waals surface area contributed by atoms with Crippen LogP contribution in [0.2, 0.25) is 0 Å². The molecule has 5 rings (SSSR count). The summed E-state index contributed by atoms with van der Waals surface area (Å²) >= 11 is 0. The van der Waals surface area contributed by atoms with Gasteiger partial charge in [0.2, 0.25) is 0 Å². The highest BCUT2D eigenvalue weighted by Gasteiger charge is 2.37. The van der Waals surface area contributed by atoms with Gasteiger partial charge in [0.15, 0.2) is 0 Å². The summed E-state index contributed by atoms with van der Waals surface area (Å²) < 4.78 is 6.87. The number of nitrogens with zero attached hydrogens (tertiary/aromatic N) is 2. The maximum Gasteiger partial charge on any atom is 0.441 e. The van der Waals surface area contributed by atoms with Crippen molar-refractivity contribution in [3.8, 4) is 0 Å². The van der Waals surface area contributed by atoms with Crippen LogP contribution in [0.25, 0.3) is 0 Å². The molecular formula is C32H32N2O4. The molecule has 0 aliphatic carbocycles. The Kier molecular flexibility index (Phi) is 8.12. The van der Waals surface area contributed by atoms with Crippen molar-refractivity contribution in [1.29, 1.82) is 0 Å². The molecule has 1 aliphatic rings. The lowest BCUT2D eigenvalue weighted by Crippen LogP contribution is -2.37. The van der Waals surface area contributed by atoms with E-state index in [-0.39, 0.29) is 0 Å². The first-order chi connectivity index (χ1) is 18.7. The highest BCUT2D eigenvalue weighted by molar-refractivity contribution is 5.66. The van der Waals surface area contributed by atoms with E-state index in [9.17, 15) is 4.79 Å². The van der Waals surface area contributed by atoms with Crippen molar-refractivity contribution in [3.63, 3.8) is 0 Å². The van der Waals surface area contributed by atoms with Gasteiger partial charge in [-0.05, 0) is 47.1 Å². The van der Waals surface area contributed by atoms with Crippen LogP contribution in [0.15, 0.2) is 109 Å². The summed E-state index contributed by atoms with van der Waals surface area (Å²) in [6.07, 6.45) is 3.56. The topological polar surface area (TPSA) is 71.9 Å². The number of carbonyl (C=O) groups is 1. The zero-order chi connectivity index (χ0) is 26.2. The second kappa shape index (κ2) is 12.0. The number of ether oxygens (including phenoxy) is 1. The zero-order valence-electron chi connectivity index (χ0n) is 21.3. The molecule has 0 saturated carbocycles. The number of pyridine rings is 1. The number of hydrogen-bond donors (Lipinski definition) is 1. The maximum absolute atomic E-state index is 11.5. The maximum atomic E-state index is 11.5. The predicted octanol–water partition coefficient (Wildman–Crippen LogP) is 6.42. The fraction of sp³-hybridized carbons (Fsp3) is 0.250. The smallest absolute Gasteiger partial charge is 0.360 e. The highest BCUT2D eigenvalue weighted by Crippen LogP contribution is 2.40. The Morgan fingerprint density at radius 2 is 1.34 bits per heavy atom. The third-order valence-corrected chi connectivity index (χ3v) is 7.37. The second-order valence-electron chi connectivity index (χ2n) is 9.58. The molecule has 4 aromatic rings. The van der Waals surface area contributed by atoms with Gasteiger partial charge >= 0.3 is 6.09 Å². The predicted molar refractivity (Wildman–Crippen MR) is 146 cm³/mol. The Hall–Kier alpha value is -4.00. The van der Waals surface area contributed by atoms with Gasteiger partial charge in [0.25, 0.3) is 0 Å². The van der Waals surface area contributed by atoms with Crippen LogP contribution in [-0.4, -0.2) is 40.9 Å². The van der Waals surface area contributed by atoms with Gasteiger partial charge in [-0.15, -0.1) is 0 Å². The van der Waals surface area contributed by atoms with Crippen molar-refractivity contribution < 1.29 is 19.7 Å². The van der Waals surface area contributed by atoms with Crippen molar-refractivity contribution >= 4 is 6.09 Å². The second-order valence-corrected chi connectivity index (χ2v) is 9.58. The van der Waals surface area contributed by atoms with Crippen LogP contribution in [0.1, 0.15) is 46.7 Å². The number of carbonyl (C=O) groups excluding carboxylic acids is 1. The molecule has 1 aliphatic heterocycles. The Balaban J connectivity index is 1.32. The third-order valence-electron chi connectivity index (χ3n) is 7.37. The number of hydrogen-bond acceptors (Lipinski definition) is 5. The molecule has 0 bridgehead atoms. The SMILES string of the molecule is O=C(OO)N1CCC(c2ccc(CCOC(c3ccccc3)(c3ccccc3)c3ccccc3)nc2)CC1. The number of amides is 1. The lowest BCUT2D eigenvalue weighted by atomic mass is 9.80. The lowest BCUT2D eigenvalue weighted by molar-refractivity contribution is -0.188. The van der Waals surface area contributed by atoms with E-state index in [1.54, 1.807) is 0 Å². The van der Waals surface area contributed by atoms with Crippen LogP contribution < -0.4 is 0 Å². The van der Waals surface area contributed by atoms with Crippen LogP contribution in [0.3, 0.4) is 0 Å². The molecule has 1 fully saturated rings. The van der Waals surface area contributed by atoms with E-state index in [2.05, 4.69) is 89.8 Å². The molecule has 3 aromatic carbocycles. The van der Waals surface area contributed by atoms with Crippen LogP contribution in [0.5, 0.6) is 0 Å². The number of benzene rings is 3. The summed E-state index contributed by atoms with van der Waals surface area (Å²) in [4.78, 5) is 21.6. The zero-order valence-corrected chi connectivity index (χ0v) is 21.3. The van der Waals surface area contributed by atoms with Crippen molar-refractivity contribution in [2.24, 2.45) is 0 Å². The van der Waals surface area contributed by atoms with Crippen molar-refractivity contribution in [1.82, 2.24) is 9.88 Å². The van der Waals surface area contributed by atoms with E-state index < -0.39 is 11.7 Å². The molecular weight excluding hydrogens is 476 g/mol. The Bertz CT molecular complexity index is 1190. The molecule has 2 heterocycles. The molecule has 0 atom stereocenters. The van der Waals surface area contributed by atoms with Gasteiger partial charge in [-0.3, -0.25) is 9.87 Å². The van der Waals surface area contributed by atoms with Crippen molar-refractivity contribution in [2.75, 3.05) is 19.7 Å². The van der Waals surface area contributed by atoms with E-state index >= 15 is 0 Å². The quantitative estimate of drug-likeness (QED) is 0.169. The third kappa shape index (κ3) is 5.47. The fourth-order valence-electron chi connectivity index (χ4n) is 5.36. The van der Waals surface area contributed by atoms with Gasteiger partial charge in [0.05, 0.1) is 6.61 Å². The van der Waals surface area contributed by atoms with Gasteiger partial charge in [-0.1, -0.05) is 97.1 Å². The molecule has 1 amide bonds. The number of aromatic nitrogens is 1. The van der Waals surface area contributed by atoms with Gasteiger partial charge in [0, 0.05) is 31.4 Å². The molecule has 6 nitrogen and oxygen atoms in total. The molecule has 0 radical (unpaired) electrons. The van der Waals surface area contributed by atoms with Crippen molar-refractivity contribution in [2.45, 2.75) is 30.8 Å². The largest absolute Gasteiger partial charge is 0.441 e. The van der Waals surface area contributed by atoms with E-state index in [0.717, 1.165) is 35.2 Å². The van der Waals surface area contributed by atoms with Crippen LogP contribution in [-0.2, 0) is 21.6 Å². The molecule has 1 saturated heterocycles. The van der Waals surface area contributed by atoms with Crippen LogP contribution in [0, 0.1) is 0 Å². The Morgan fingerprint density at radius 3 is 1.79 bits per heavy atom. The van der Waals surface area contributed by atoms with E-state index in [4.69, 9.17) is 15.0 Å². The van der Waals surface area contributed by atoms with E-state index in [1.165, 1.54) is 10.5 Å². The first-order valence-electron chi connectivity index (χ1n) is 13.1. The normalized spacial score (nSPS) is 14.3. The summed E-state index contributed by atoms with van der Waals surface area (Å²) in [5.41, 5.74) is 4.64. The molecule has 1 aromatic heterocycles. The Labute approximate surface area is 223 Å². The number of rotatable bonds is 8. The first kappa shape index (κ1) is 25.6. The molecule has 194 valence electrons.